The van der Waals surface area contributed by atoms with Crippen LogP contribution in [0.3, 0.4) is 0 Å². The zero-order valence-corrected chi connectivity index (χ0v) is 11.2. The number of halogens is 2. The number of carbonyl (C=O) groups is 1. The van der Waals surface area contributed by atoms with Gasteiger partial charge in [-0.05, 0) is 23.3 Å². The number of benzene rings is 2. The first-order chi connectivity index (χ1) is 10.1. The molecule has 0 aliphatic heterocycles. The normalized spacial score (nSPS) is 12.1. The molecular weight excluding hydrogens is 276 g/mol. The van der Waals surface area contributed by atoms with Crippen molar-refractivity contribution in [3.05, 3.63) is 71.3 Å². The lowest BCUT2D eigenvalue weighted by molar-refractivity contribution is -0.138. The van der Waals surface area contributed by atoms with Gasteiger partial charge in [0.15, 0.2) is 11.6 Å². The largest absolute Gasteiger partial charge is 0.481 e. The zero-order valence-electron chi connectivity index (χ0n) is 11.2. The van der Waals surface area contributed by atoms with E-state index in [0.717, 1.165) is 12.1 Å². The maximum Gasteiger partial charge on any atom is 0.312 e. The Morgan fingerprint density at radius 3 is 2.43 bits per heavy atom. The molecule has 0 spiro atoms. The first kappa shape index (κ1) is 15.1. The molecule has 2 aromatic carbocycles. The third-order valence-electron chi connectivity index (χ3n) is 3.16. The predicted molar refractivity (Wildman–Crippen MR) is 74.9 cm³/mol. The summed E-state index contributed by atoms with van der Waals surface area (Å²) in [6.45, 7) is 0.478. The highest BCUT2D eigenvalue weighted by Gasteiger charge is 2.18. The average molecular weight is 291 g/mol. The van der Waals surface area contributed by atoms with Crippen molar-refractivity contribution in [2.24, 2.45) is 0 Å². The van der Waals surface area contributed by atoms with Gasteiger partial charge in [0.05, 0.1) is 5.92 Å². The van der Waals surface area contributed by atoms with Crippen LogP contribution in [0.15, 0.2) is 48.5 Å². The van der Waals surface area contributed by atoms with Crippen molar-refractivity contribution in [3.8, 4) is 0 Å². The van der Waals surface area contributed by atoms with E-state index < -0.39 is 23.5 Å². The second-order valence-electron chi connectivity index (χ2n) is 4.68. The number of nitrogens with one attached hydrogen (secondary N) is 1. The highest BCUT2D eigenvalue weighted by Crippen LogP contribution is 2.15. The standard InChI is InChI=1S/C16H15F2NO2/c17-14-7-6-11(8-15(14)18)9-19-10-13(16(20)21)12-4-2-1-3-5-12/h1-8,13,19H,9-10H2,(H,20,21). The molecule has 2 aromatic rings. The van der Waals surface area contributed by atoms with Crippen molar-refractivity contribution in [1.82, 2.24) is 5.32 Å². The monoisotopic (exact) mass is 291 g/mol. The summed E-state index contributed by atoms with van der Waals surface area (Å²) in [5, 5.41) is 12.2. The van der Waals surface area contributed by atoms with Crippen LogP contribution in [0.2, 0.25) is 0 Å². The second kappa shape index (κ2) is 6.95. The Labute approximate surface area is 121 Å². The Hall–Kier alpha value is -2.27. The summed E-state index contributed by atoms with van der Waals surface area (Å²) >= 11 is 0. The molecule has 0 heterocycles. The lowest BCUT2D eigenvalue weighted by atomic mass is 9.99. The van der Waals surface area contributed by atoms with Gasteiger partial charge in [0.1, 0.15) is 0 Å². The number of hydrogen-bond acceptors (Lipinski definition) is 2. The number of aliphatic carboxylic acids is 1. The van der Waals surface area contributed by atoms with Crippen LogP contribution in [0.4, 0.5) is 8.78 Å². The fraction of sp³-hybridized carbons (Fsp3) is 0.188. The van der Waals surface area contributed by atoms with Crippen LogP contribution >= 0.6 is 0 Å². The molecular formula is C16H15F2NO2. The molecule has 0 radical (unpaired) electrons. The van der Waals surface area contributed by atoms with E-state index in [1.807, 2.05) is 6.07 Å². The number of carboxylic acids is 1. The Bertz CT molecular complexity index is 617. The van der Waals surface area contributed by atoms with Crippen LogP contribution in [-0.4, -0.2) is 17.6 Å². The molecule has 5 heteroatoms. The molecule has 21 heavy (non-hydrogen) atoms. The number of carboxylic acid groups (broad SMARTS) is 1. The molecule has 0 bridgehead atoms. The van der Waals surface area contributed by atoms with Gasteiger partial charge in [0.2, 0.25) is 0 Å². The molecule has 0 aliphatic carbocycles. The smallest absolute Gasteiger partial charge is 0.312 e. The Kier molecular flexibility index (Phi) is 5.00. The van der Waals surface area contributed by atoms with Gasteiger partial charge in [-0.3, -0.25) is 4.79 Å². The maximum atomic E-state index is 13.1. The number of rotatable bonds is 6. The first-order valence-electron chi connectivity index (χ1n) is 6.50. The minimum atomic E-state index is -0.931. The maximum absolute atomic E-state index is 13.1. The van der Waals surface area contributed by atoms with Crippen molar-refractivity contribution >= 4 is 5.97 Å². The van der Waals surface area contributed by atoms with Crippen LogP contribution in [0.25, 0.3) is 0 Å². The molecule has 110 valence electrons. The van der Waals surface area contributed by atoms with E-state index in [9.17, 15) is 18.7 Å². The Morgan fingerprint density at radius 2 is 1.81 bits per heavy atom. The molecule has 0 saturated heterocycles. The topological polar surface area (TPSA) is 49.3 Å². The van der Waals surface area contributed by atoms with E-state index in [1.54, 1.807) is 24.3 Å². The molecule has 0 amide bonds. The van der Waals surface area contributed by atoms with Crippen LogP contribution in [0, 0.1) is 11.6 Å². The minimum Gasteiger partial charge on any atom is -0.481 e. The first-order valence-corrected chi connectivity index (χ1v) is 6.50. The fourth-order valence-electron chi connectivity index (χ4n) is 2.04. The van der Waals surface area contributed by atoms with Crippen molar-refractivity contribution in [1.29, 1.82) is 0 Å². The predicted octanol–water partition coefficient (Wildman–Crippen LogP) is 2.92. The molecule has 1 atom stereocenters. The van der Waals surface area contributed by atoms with E-state index in [0.29, 0.717) is 11.1 Å². The summed E-state index contributed by atoms with van der Waals surface area (Å²) < 4.78 is 25.9. The van der Waals surface area contributed by atoms with Crippen LogP contribution < -0.4 is 5.32 Å². The van der Waals surface area contributed by atoms with Crippen molar-refractivity contribution < 1.29 is 18.7 Å². The van der Waals surface area contributed by atoms with E-state index in [1.165, 1.54) is 6.07 Å². The van der Waals surface area contributed by atoms with E-state index in [-0.39, 0.29) is 13.1 Å². The summed E-state index contributed by atoms with van der Waals surface area (Å²) in [5.74, 6) is -3.42. The zero-order chi connectivity index (χ0) is 15.2. The summed E-state index contributed by atoms with van der Waals surface area (Å²) in [5.41, 5.74) is 1.26. The minimum absolute atomic E-state index is 0.207. The van der Waals surface area contributed by atoms with Crippen molar-refractivity contribution in [2.75, 3.05) is 6.54 Å². The molecule has 0 fully saturated rings. The van der Waals surface area contributed by atoms with Gasteiger partial charge in [-0.1, -0.05) is 36.4 Å². The average Bonchev–Trinajstić information content (AvgIpc) is 2.48. The van der Waals surface area contributed by atoms with E-state index >= 15 is 0 Å². The Balaban J connectivity index is 1.97. The Morgan fingerprint density at radius 1 is 1.10 bits per heavy atom. The summed E-state index contributed by atoms with van der Waals surface area (Å²) in [7, 11) is 0. The van der Waals surface area contributed by atoms with Crippen LogP contribution in [-0.2, 0) is 11.3 Å². The van der Waals surface area contributed by atoms with Crippen molar-refractivity contribution in [2.45, 2.75) is 12.5 Å². The third kappa shape index (κ3) is 4.10. The SMILES string of the molecule is O=C(O)C(CNCc1ccc(F)c(F)c1)c1ccccc1. The second-order valence-corrected chi connectivity index (χ2v) is 4.68. The van der Waals surface area contributed by atoms with Gasteiger partial charge in [-0.15, -0.1) is 0 Å². The van der Waals surface area contributed by atoms with Gasteiger partial charge in [-0.2, -0.15) is 0 Å². The number of hydrogen-bond donors (Lipinski definition) is 2. The van der Waals surface area contributed by atoms with Gasteiger partial charge >= 0.3 is 5.97 Å². The summed E-state index contributed by atoms with van der Waals surface area (Å²) in [6, 6.07) is 12.5. The molecule has 3 nitrogen and oxygen atoms in total. The fourth-order valence-corrected chi connectivity index (χ4v) is 2.04. The van der Waals surface area contributed by atoms with Crippen molar-refractivity contribution in [3.63, 3.8) is 0 Å². The molecule has 2 rings (SSSR count). The van der Waals surface area contributed by atoms with Gasteiger partial charge < -0.3 is 10.4 Å². The van der Waals surface area contributed by atoms with Gasteiger partial charge in [0, 0.05) is 13.1 Å². The van der Waals surface area contributed by atoms with E-state index in [4.69, 9.17) is 0 Å². The summed E-state index contributed by atoms with van der Waals surface area (Å²) in [6.07, 6.45) is 0. The highest BCUT2D eigenvalue weighted by molar-refractivity contribution is 5.76. The molecule has 0 aliphatic rings. The molecule has 1 unspecified atom stereocenters. The van der Waals surface area contributed by atoms with Gasteiger partial charge in [0.25, 0.3) is 0 Å². The van der Waals surface area contributed by atoms with Crippen LogP contribution in [0.1, 0.15) is 17.0 Å². The van der Waals surface area contributed by atoms with Gasteiger partial charge in [-0.25, -0.2) is 8.78 Å². The lowest BCUT2D eigenvalue weighted by Crippen LogP contribution is -2.26. The summed E-state index contributed by atoms with van der Waals surface area (Å²) in [4.78, 5) is 11.3. The molecule has 0 saturated carbocycles. The van der Waals surface area contributed by atoms with E-state index in [2.05, 4.69) is 5.32 Å². The highest BCUT2D eigenvalue weighted by atomic mass is 19.2. The molecule has 2 N–H and O–H groups in total. The lowest BCUT2D eigenvalue weighted by Gasteiger charge is -2.14. The quantitative estimate of drug-likeness (QED) is 0.860. The third-order valence-corrected chi connectivity index (χ3v) is 3.16. The van der Waals surface area contributed by atoms with Crippen LogP contribution in [0.5, 0.6) is 0 Å². The molecule has 0 aromatic heterocycles.